The first-order valence-corrected chi connectivity index (χ1v) is 8.37. The number of benzene rings is 2. The largest absolute Gasteiger partial charge is 0.323 e. The minimum absolute atomic E-state index is 0.211. The zero-order valence-corrected chi connectivity index (χ0v) is 14.6. The zero-order chi connectivity index (χ0) is 18.6. The van der Waals surface area contributed by atoms with E-state index in [0.717, 1.165) is 27.7 Å². The van der Waals surface area contributed by atoms with Crippen molar-refractivity contribution in [3.63, 3.8) is 0 Å². The van der Waals surface area contributed by atoms with Crippen LogP contribution in [0.15, 0.2) is 67.1 Å². The van der Waals surface area contributed by atoms with E-state index in [1.54, 1.807) is 17.0 Å². The van der Waals surface area contributed by atoms with E-state index in [-0.39, 0.29) is 5.91 Å². The van der Waals surface area contributed by atoms with Crippen molar-refractivity contribution in [1.82, 2.24) is 25.2 Å². The van der Waals surface area contributed by atoms with Crippen molar-refractivity contribution >= 4 is 28.6 Å². The third-order valence-corrected chi connectivity index (χ3v) is 4.14. The summed E-state index contributed by atoms with van der Waals surface area (Å²) in [5.41, 5.74) is 4.27. The van der Waals surface area contributed by atoms with Crippen LogP contribution in [0.3, 0.4) is 0 Å². The number of anilines is 1. The lowest BCUT2D eigenvalue weighted by Crippen LogP contribution is -2.08. The number of nitrogens with one attached hydrogen (secondary N) is 1. The molecule has 0 aliphatic heterocycles. The number of para-hydroxylation sites is 1. The summed E-state index contributed by atoms with van der Waals surface area (Å²) in [7, 11) is 0. The Morgan fingerprint density at radius 1 is 1.15 bits per heavy atom. The number of aryl methyl sites for hydroxylation is 1. The maximum atomic E-state index is 12.3. The molecule has 0 saturated heterocycles. The van der Waals surface area contributed by atoms with Crippen LogP contribution in [-0.2, 0) is 4.79 Å². The van der Waals surface area contributed by atoms with Gasteiger partial charge in [0.15, 0.2) is 0 Å². The molecule has 1 amide bonds. The van der Waals surface area contributed by atoms with Crippen LogP contribution in [0, 0.1) is 6.92 Å². The van der Waals surface area contributed by atoms with Gasteiger partial charge < -0.3 is 5.32 Å². The summed E-state index contributed by atoms with van der Waals surface area (Å²) in [5, 5.41) is 15.0. The first-order valence-electron chi connectivity index (χ1n) is 8.37. The molecule has 0 atom stereocenters. The smallest absolute Gasteiger partial charge is 0.248 e. The third-order valence-electron chi connectivity index (χ3n) is 4.14. The number of pyridine rings is 1. The van der Waals surface area contributed by atoms with Gasteiger partial charge in [-0.25, -0.2) is 4.68 Å². The van der Waals surface area contributed by atoms with Crippen molar-refractivity contribution in [2.75, 3.05) is 5.32 Å². The first-order chi connectivity index (χ1) is 13.2. The Morgan fingerprint density at radius 2 is 2.04 bits per heavy atom. The summed E-state index contributed by atoms with van der Waals surface area (Å²) in [4.78, 5) is 16.7. The monoisotopic (exact) mass is 356 g/mol. The lowest BCUT2D eigenvalue weighted by Gasteiger charge is -2.08. The summed E-state index contributed by atoms with van der Waals surface area (Å²) in [5.74, 6) is -0.211. The van der Waals surface area contributed by atoms with Gasteiger partial charge in [-0.3, -0.25) is 9.78 Å². The number of aromatic nitrogens is 5. The van der Waals surface area contributed by atoms with E-state index in [1.807, 2.05) is 55.5 Å². The van der Waals surface area contributed by atoms with Gasteiger partial charge in [0, 0.05) is 28.9 Å². The van der Waals surface area contributed by atoms with E-state index < -0.39 is 0 Å². The Hall–Kier alpha value is -3.87. The summed E-state index contributed by atoms with van der Waals surface area (Å²) in [6.07, 6.45) is 6.55. The fourth-order valence-corrected chi connectivity index (χ4v) is 2.87. The molecule has 0 spiro atoms. The maximum absolute atomic E-state index is 12.3. The molecular weight excluding hydrogens is 340 g/mol. The molecule has 2 aromatic heterocycles. The van der Waals surface area contributed by atoms with E-state index >= 15 is 0 Å². The second-order valence-electron chi connectivity index (χ2n) is 6.00. The average molecular weight is 356 g/mol. The molecule has 0 aliphatic carbocycles. The summed E-state index contributed by atoms with van der Waals surface area (Å²) in [6.45, 7) is 1.93. The minimum atomic E-state index is -0.211. The first kappa shape index (κ1) is 16.6. The molecular formula is C20H16N6O. The van der Waals surface area contributed by atoms with E-state index in [9.17, 15) is 4.79 Å². The van der Waals surface area contributed by atoms with Gasteiger partial charge in [-0.05, 0) is 53.3 Å². The molecule has 7 nitrogen and oxygen atoms in total. The number of rotatable bonds is 4. The van der Waals surface area contributed by atoms with Crippen LogP contribution in [-0.4, -0.2) is 31.1 Å². The Kier molecular flexibility index (Phi) is 4.40. The molecule has 27 heavy (non-hydrogen) atoms. The van der Waals surface area contributed by atoms with Crippen molar-refractivity contribution < 1.29 is 4.79 Å². The molecule has 1 N–H and O–H groups in total. The highest BCUT2D eigenvalue weighted by Crippen LogP contribution is 2.19. The molecule has 0 unspecified atom stereocenters. The van der Waals surface area contributed by atoms with Crippen LogP contribution in [0.25, 0.3) is 22.7 Å². The van der Waals surface area contributed by atoms with E-state index in [4.69, 9.17) is 0 Å². The van der Waals surface area contributed by atoms with Gasteiger partial charge in [-0.1, -0.05) is 24.3 Å². The molecule has 132 valence electrons. The van der Waals surface area contributed by atoms with Crippen LogP contribution in [0.2, 0.25) is 0 Å². The quantitative estimate of drug-likeness (QED) is 0.568. The molecule has 0 fully saturated rings. The van der Waals surface area contributed by atoms with Crippen molar-refractivity contribution in [2.24, 2.45) is 0 Å². The number of fused-ring (bicyclic) bond motifs is 1. The van der Waals surface area contributed by atoms with Crippen LogP contribution in [0.1, 0.15) is 11.1 Å². The number of tetrazole rings is 1. The second-order valence-corrected chi connectivity index (χ2v) is 6.00. The van der Waals surface area contributed by atoms with Crippen molar-refractivity contribution in [3.8, 4) is 5.69 Å². The number of hydrogen-bond donors (Lipinski definition) is 1. The van der Waals surface area contributed by atoms with Gasteiger partial charge in [-0.2, -0.15) is 0 Å². The normalized spacial score (nSPS) is 11.1. The predicted octanol–water partition coefficient (Wildman–Crippen LogP) is 3.17. The Balaban J connectivity index is 1.51. The topological polar surface area (TPSA) is 85.6 Å². The summed E-state index contributed by atoms with van der Waals surface area (Å²) < 4.78 is 1.58. The Morgan fingerprint density at radius 3 is 2.85 bits per heavy atom. The van der Waals surface area contributed by atoms with Gasteiger partial charge in [-0.15, -0.1) is 5.10 Å². The van der Waals surface area contributed by atoms with Crippen LogP contribution < -0.4 is 5.32 Å². The van der Waals surface area contributed by atoms with Gasteiger partial charge in [0.1, 0.15) is 6.33 Å². The maximum Gasteiger partial charge on any atom is 0.248 e. The van der Waals surface area contributed by atoms with Crippen LogP contribution in [0.4, 0.5) is 5.69 Å². The van der Waals surface area contributed by atoms with Crippen molar-refractivity contribution in [2.45, 2.75) is 6.92 Å². The van der Waals surface area contributed by atoms with Crippen molar-refractivity contribution in [1.29, 1.82) is 0 Å². The average Bonchev–Trinajstić information content (AvgIpc) is 3.21. The number of nitrogens with zero attached hydrogens (tertiary/aromatic N) is 5. The molecule has 0 radical (unpaired) electrons. The molecule has 0 aliphatic rings. The van der Waals surface area contributed by atoms with Gasteiger partial charge in [0.05, 0.1) is 11.2 Å². The van der Waals surface area contributed by atoms with Gasteiger partial charge >= 0.3 is 0 Å². The number of amides is 1. The lowest BCUT2D eigenvalue weighted by atomic mass is 10.1. The lowest BCUT2D eigenvalue weighted by molar-refractivity contribution is -0.111. The second kappa shape index (κ2) is 7.17. The Labute approximate surface area is 155 Å². The fraction of sp³-hybridized carbons (Fsp3) is 0.0500. The zero-order valence-electron chi connectivity index (χ0n) is 14.6. The number of carbonyl (C=O) groups is 1. The number of hydrogen-bond acceptors (Lipinski definition) is 5. The molecule has 4 rings (SSSR count). The van der Waals surface area contributed by atoms with Gasteiger partial charge in [0.25, 0.3) is 0 Å². The third kappa shape index (κ3) is 3.57. The van der Waals surface area contributed by atoms with Crippen LogP contribution >= 0.6 is 0 Å². The van der Waals surface area contributed by atoms with Gasteiger partial charge in [0.2, 0.25) is 5.91 Å². The predicted molar refractivity (Wildman–Crippen MR) is 103 cm³/mol. The molecule has 7 heteroatoms. The van der Waals surface area contributed by atoms with Crippen LogP contribution in [0.5, 0.6) is 0 Å². The summed E-state index contributed by atoms with van der Waals surface area (Å²) in [6, 6.07) is 15.3. The highest BCUT2D eigenvalue weighted by molar-refractivity contribution is 6.03. The summed E-state index contributed by atoms with van der Waals surface area (Å²) >= 11 is 0. The Bertz CT molecular complexity index is 1130. The standard InChI is InChI=1S/C20H16N6O/c1-14-12-17(8-9-18(14)26-13-22-24-25-26)23-19(27)10-7-16-5-2-4-15-6-3-11-21-20(15)16/h2-13H,1H3,(H,23,27). The molecule has 2 heterocycles. The fourth-order valence-electron chi connectivity index (χ4n) is 2.87. The highest BCUT2D eigenvalue weighted by atomic mass is 16.1. The van der Waals surface area contributed by atoms with E-state index in [0.29, 0.717) is 5.69 Å². The molecule has 2 aromatic carbocycles. The molecule has 0 bridgehead atoms. The van der Waals surface area contributed by atoms with Crippen molar-refractivity contribution in [3.05, 3.63) is 78.3 Å². The van der Waals surface area contributed by atoms with E-state index in [1.165, 1.54) is 12.4 Å². The van der Waals surface area contributed by atoms with E-state index in [2.05, 4.69) is 25.8 Å². The number of carbonyl (C=O) groups excluding carboxylic acids is 1. The SMILES string of the molecule is Cc1cc(NC(=O)C=Cc2cccc3cccnc23)ccc1-n1cnnn1. The molecule has 4 aromatic rings. The highest BCUT2D eigenvalue weighted by Gasteiger charge is 2.05. The molecule has 0 saturated carbocycles. The minimum Gasteiger partial charge on any atom is -0.323 e.